The third-order valence-corrected chi connectivity index (χ3v) is 2.60. The Bertz CT molecular complexity index is 302. The summed E-state index contributed by atoms with van der Waals surface area (Å²) in [5.41, 5.74) is 2.63. The molecule has 0 aliphatic carbocycles. The molecule has 0 saturated heterocycles. The van der Waals surface area contributed by atoms with Crippen LogP contribution in [0.25, 0.3) is 0 Å². The largest absolute Gasteiger partial charge is 0.380 e. The van der Waals surface area contributed by atoms with Crippen molar-refractivity contribution in [2.45, 2.75) is 13.2 Å². The van der Waals surface area contributed by atoms with Gasteiger partial charge in [0.05, 0.1) is 6.61 Å². The van der Waals surface area contributed by atoms with Crippen LogP contribution in [0.1, 0.15) is 11.1 Å². The zero-order chi connectivity index (χ0) is 11.8. The van der Waals surface area contributed by atoms with Crippen LogP contribution in [0.5, 0.6) is 0 Å². The van der Waals surface area contributed by atoms with E-state index >= 15 is 0 Å². The Kier molecular flexibility index (Phi) is 6.08. The van der Waals surface area contributed by atoms with Crippen LogP contribution in [0.4, 0.5) is 0 Å². The summed E-state index contributed by atoms with van der Waals surface area (Å²) in [7, 11) is 5.86. The maximum absolute atomic E-state index is 5.20. The first-order valence-corrected chi connectivity index (χ1v) is 5.66. The van der Waals surface area contributed by atoms with Crippen molar-refractivity contribution >= 4 is 0 Å². The molecule has 0 unspecified atom stereocenters. The summed E-state index contributed by atoms with van der Waals surface area (Å²) in [5, 5.41) is 3.16. The van der Waals surface area contributed by atoms with Crippen LogP contribution in [0, 0.1) is 0 Å². The van der Waals surface area contributed by atoms with Crippen LogP contribution in [-0.4, -0.2) is 39.2 Å². The second-order valence-corrected chi connectivity index (χ2v) is 4.04. The normalized spacial score (nSPS) is 11.0. The number of hydrogen-bond acceptors (Lipinski definition) is 3. The van der Waals surface area contributed by atoms with E-state index in [1.807, 2.05) is 7.05 Å². The van der Waals surface area contributed by atoms with Crippen LogP contribution >= 0.6 is 0 Å². The lowest BCUT2D eigenvalue weighted by molar-refractivity contribution is 0.183. The summed E-state index contributed by atoms with van der Waals surface area (Å²) >= 11 is 0. The van der Waals surface area contributed by atoms with Gasteiger partial charge in [-0.15, -0.1) is 0 Å². The van der Waals surface area contributed by atoms with E-state index < -0.39 is 0 Å². The molecule has 90 valence electrons. The van der Waals surface area contributed by atoms with Gasteiger partial charge in [-0.2, -0.15) is 0 Å². The highest BCUT2D eigenvalue weighted by atomic mass is 16.5. The topological polar surface area (TPSA) is 24.5 Å². The van der Waals surface area contributed by atoms with Gasteiger partial charge in [0.2, 0.25) is 0 Å². The van der Waals surface area contributed by atoms with Crippen molar-refractivity contribution in [2.24, 2.45) is 0 Å². The molecule has 1 rings (SSSR count). The Hall–Kier alpha value is -0.900. The van der Waals surface area contributed by atoms with Gasteiger partial charge in [-0.3, -0.25) is 0 Å². The third kappa shape index (κ3) is 4.31. The second kappa shape index (κ2) is 7.39. The van der Waals surface area contributed by atoms with Crippen LogP contribution in [0.2, 0.25) is 0 Å². The lowest BCUT2D eigenvalue weighted by Gasteiger charge is -2.18. The van der Waals surface area contributed by atoms with Gasteiger partial charge in [-0.25, -0.2) is 0 Å². The molecule has 0 saturated carbocycles. The van der Waals surface area contributed by atoms with E-state index in [0.29, 0.717) is 6.61 Å². The number of nitrogens with one attached hydrogen (secondary N) is 1. The summed E-state index contributed by atoms with van der Waals surface area (Å²) in [4.78, 5) is 2.31. The van der Waals surface area contributed by atoms with Crippen molar-refractivity contribution in [2.75, 3.05) is 34.3 Å². The fourth-order valence-corrected chi connectivity index (χ4v) is 1.68. The number of benzene rings is 1. The number of ether oxygens (including phenoxy) is 1. The molecule has 0 bridgehead atoms. The Morgan fingerprint density at radius 3 is 2.56 bits per heavy atom. The molecule has 16 heavy (non-hydrogen) atoms. The zero-order valence-electron chi connectivity index (χ0n) is 10.5. The molecule has 0 fully saturated rings. The Balaban J connectivity index is 2.57. The van der Waals surface area contributed by atoms with Gasteiger partial charge >= 0.3 is 0 Å². The molecule has 0 spiro atoms. The van der Waals surface area contributed by atoms with Crippen molar-refractivity contribution in [3.8, 4) is 0 Å². The molecule has 0 heterocycles. The predicted molar refractivity (Wildman–Crippen MR) is 67.4 cm³/mol. The maximum atomic E-state index is 5.20. The lowest BCUT2D eigenvalue weighted by Crippen LogP contribution is -2.27. The summed E-state index contributed by atoms with van der Waals surface area (Å²) in [6.07, 6.45) is 0. The molecule has 3 heteroatoms. The summed E-state index contributed by atoms with van der Waals surface area (Å²) in [5.74, 6) is 0. The molecular weight excluding hydrogens is 200 g/mol. The third-order valence-electron chi connectivity index (χ3n) is 2.60. The summed E-state index contributed by atoms with van der Waals surface area (Å²) in [6, 6.07) is 8.45. The van der Waals surface area contributed by atoms with Crippen LogP contribution in [0.3, 0.4) is 0 Å². The minimum atomic E-state index is 0.691. The number of hydrogen-bond donors (Lipinski definition) is 1. The SMILES string of the molecule is CNCCN(C)Cc1ccccc1COC. The minimum Gasteiger partial charge on any atom is -0.380 e. The average Bonchev–Trinajstić information content (AvgIpc) is 2.29. The second-order valence-electron chi connectivity index (χ2n) is 4.04. The molecule has 0 atom stereocenters. The first kappa shape index (κ1) is 13.2. The lowest BCUT2D eigenvalue weighted by atomic mass is 10.1. The van der Waals surface area contributed by atoms with Gasteiger partial charge in [0.15, 0.2) is 0 Å². The molecular formula is C13H22N2O. The van der Waals surface area contributed by atoms with E-state index in [-0.39, 0.29) is 0 Å². The van der Waals surface area contributed by atoms with E-state index in [1.165, 1.54) is 11.1 Å². The Labute approximate surface area is 98.4 Å². The van der Waals surface area contributed by atoms with Crippen molar-refractivity contribution < 1.29 is 4.74 Å². The maximum Gasteiger partial charge on any atom is 0.0716 e. The Morgan fingerprint density at radius 1 is 1.25 bits per heavy atom. The fourth-order valence-electron chi connectivity index (χ4n) is 1.68. The number of nitrogens with zero attached hydrogens (tertiary/aromatic N) is 1. The highest BCUT2D eigenvalue weighted by Gasteiger charge is 2.04. The summed E-state index contributed by atoms with van der Waals surface area (Å²) < 4.78 is 5.20. The van der Waals surface area contributed by atoms with Crippen molar-refractivity contribution in [3.05, 3.63) is 35.4 Å². The van der Waals surface area contributed by atoms with Gasteiger partial charge in [-0.1, -0.05) is 24.3 Å². The molecule has 0 amide bonds. The van der Waals surface area contributed by atoms with Crippen molar-refractivity contribution in [1.82, 2.24) is 10.2 Å². The quantitative estimate of drug-likeness (QED) is 0.756. The smallest absolute Gasteiger partial charge is 0.0716 e. The molecule has 3 nitrogen and oxygen atoms in total. The average molecular weight is 222 g/mol. The zero-order valence-corrected chi connectivity index (χ0v) is 10.5. The van der Waals surface area contributed by atoms with E-state index in [4.69, 9.17) is 4.74 Å². The van der Waals surface area contributed by atoms with Gasteiger partial charge in [0.1, 0.15) is 0 Å². The minimum absolute atomic E-state index is 0.691. The van der Waals surface area contributed by atoms with E-state index in [2.05, 4.69) is 41.5 Å². The predicted octanol–water partition coefficient (Wildman–Crippen LogP) is 1.48. The van der Waals surface area contributed by atoms with E-state index in [0.717, 1.165) is 19.6 Å². The highest BCUT2D eigenvalue weighted by Crippen LogP contribution is 2.11. The molecule has 1 aromatic rings. The number of rotatable bonds is 7. The van der Waals surface area contributed by atoms with Gasteiger partial charge in [0, 0.05) is 26.7 Å². The van der Waals surface area contributed by atoms with E-state index in [1.54, 1.807) is 7.11 Å². The summed E-state index contributed by atoms with van der Waals surface area (Å²) in [6.45, 7) is 3.73. The van der Waals surface area contributed by atoms with E-state index in [9.17, 15) is 0 Å². The first-order chi connectivity index (χ1) is 7.77. The Morgan fingerprint density at radius 2 is 1.94 bits per heavy atom. The van der Waals surface area contributed by atoms with Gasteiger partial charge < -0.3 is 15.0 Å². The monoisotopic (exact) mass is 222 g/mol. The first-order valence-electron chi connectivity index (χ1n) is 5.66. The molecule has 0 aliphatic heterocycles. The fraction of sp³-hybridized carbons (Fsp3) is 0.538. The molecule has 1 N–H and O–H groups in total. The van der Waals surface area contributed by atoms with Crippen LogP contribution < -0.4 is 5.32 Å². The van der Waals surface area contributed by atoms with Crippen molar-refractivity contribution in [1.29, 1.82) is 0 Å². The highest BCUT2D eigenvalue weighted by molar-refractivity contribution is 5.26. The van der Waals surface area contributed by atoms with Crippen LogP contribution in [-0.2, 0) is 17.9 Å². The van der Waals surface area contributed by atoms with Crippen LogP contribution in [0.15, 0.2) is 24.3 Å². The molecule has 0 aromatic heterocycles. The standard InChI is InChI=1S/C13H22N2O/c1-14-8-9-15(2)10-12-6-4-5-7-13(12)11-16-3/h4-7,14H,8-11H2,1-3H3. The number of likely N-dealkylation sites (N-methyl/N-ethyl adjacent to an activating group) is 2. The molecule has 0 aliphatic rings. The van der Waals surface area contributed by atoms with Gasteiger partial charge in [-0.05, 0) is 25.2 Å². The van der Waals surface area contributed by atoms with Crippen molar-refractivity contribution in [3.63, 3.8) is 0 Å². The van der Waals surface area contributed by atoms with Gasteiger partial charge in [0.25, 0.3) is 0 Å². The molecule has 1 aromatic carbocycles. The number of methoxy groups -OCH3 is 1. The molecule has 0 radical (unpaired) electrons.